The van der Waals surface area contributed by atoms with E-state index in [0.717, 1.165) is 18.5 Å². The first-order valence-corrected chi connectivity index (χ1v) is 6.68. The van der Waals surface area contributed by atoms with Crippen LogP contribution in [0.25, 0.3) is 0 Å². The second-order valence-corrected chi connectivity index (χ2v) is 5.22. The standard InChI is InChI=1S/C13H28N2/c1-4-9-15(13-6-7-13)10-5-8-14-11-12(2)3/h12-14H,4-11H2,1-3H3. The number of nitrogens with zero attached hydrogens (tertiary/aromatic N) is 1. The van der Waals surface area contributed by atoms with Crippen LogP contribution in [0.1, 0.15) is 46.5 Å². The monoisotopic (exact) mass is 212 g/mol. The van der Waals surface area contributed by atoms with Crippen molar-refractivity contribution in [3.8, 4) is 0 Å². The van der Waals surface area contributed by atoms with Gasteiger partial charge in [0, 0.05) is 6.04 Å². The van der Waals surface area contributed by atoms with Crippen LogP contribution in [0.4, 0.5) is 0 Å². The summed E-state index contributed by atoms with van der Waals surface area (Å²) in [7, 11) is 0. The van der Waals surface area contributed by atoms with Crippen molar-refractivity contribution in [3.05, 3.63) is 0 Å². The summed E-state index contributed by atoms with van der Waals surface area (Å²) >= 11 is 0. The smallest absolute Gasteiger partial charge is 0.00964 e. The second kappa shape index (κ2) is 7.24. The topological polar surface area (TPSA) is 15.3 Å². The van der Waals surface area contributed by atoms with Gasteiger partial charge in [0.1, 0.15) is 0 Å². The normalized spacial score (nSPS) is 16.6. The summed E-state index contributed by atoms with van der Waals surface area (Å²) in [5.41, 5.74) is 0. The molecule has 0 radical (unpaired) electrons. The third-order valence-corrected chi connectivity index (χ3v) is 2.93. The second-order valence-electron chi connectivity index (χ2n) is 5.22. The van der Waals surface area contributed by atoms with Gasteiger partial charge in [-0.25, -0.2) is 0 Å². The van der Waals surface area contributed by atoms with E-state index >= 15 is 0 Å². The van der Waals surface area contributed by atoms with E-state index in [-0.39, 0.29) is 0 Å². The lowest BCUT2D eigenvalue weighted by Gasteiger charge is -2.21. The van der Waals surface area contributed by atoms with E-state index in [0.29, 0.717) is 0 Å². The largest absolute Gasteiger partial charge is 0.316 e. The number of rotatable bonds is 9. The van der Waals surface area contributed by atoms with E-state index in [9.17, 15) is 0 Å². The van der Waals surface area contributed by atoms with Crippen LogP contribution in [0.5, 0.6) is 0 Å². The molecule has 0 atom stereocenters. The first kappa shape index (κ1) is 13.0. The molecule has 2 heteroatoms. The van der Waals surface area contributed by atoms with Crippen molar-refractivity contribution in [2.24, 2.45) is 5.92 Å². The minimum atomic E-state index is 0.778. The maximum absolute atomic E-state index is 3.51. The van der Waals surface area contributed by atoms with E-state index in [4.69, 9.17) is 0 Å². The maximum atomic E-state index is 3.51. The van der Waals surface area contributed by atoms with Gasteiger partial charge in [0.2, 0.25) is 0 Å². The Kier molecular flexibility index (Phi) is 6.26. The van der Waals surface area contributed by atoms with Gasteiger partial charge in [0.25, 0.3) is 0 Å². The van der Waals surface area contributed by atoms with Gasteiger partial charge in [0.05, 0.1) is 0 Å². The lowest BCUT2D eigenvalue weighted by Crippen LogP contribution is -2.31. The third kappa shape index (κ3) is 6.16. The van der Waals surface area contributed by atoms with Gasteiger partial charge in [0.15, 0.2) is 0 Å². The quantitative estimate of drug-likeness (QED) is 0.591. The summed E-state index contributed by atoms with van der Waals surface area (Å²) in [4.78, 5) is 2.68. The van der Waals surface area contributed by atoms with Crippen molar-refractivity contribution in [3.63, 3.8) is 0 Å². The fourth-order valence-electron chi connectivity index (χ4n) is 2.00. The summed E-state index contributed by atoms with van der Waals surface area (Å²) in [6.45, 7) is 11.8. The first-order chi connectivity index (χ1) is 7.24. The highest BCUT2D eigenvalue weighted by atomic mass is 15.2. The first-order valence-electron chi connectivity index (χ1n) is 6.68. The van der Waals surface area contributed by atoms with Crippen LogP contribution in [0.2, 0.25) is 0 Å². The molecule has 15 heavy (non-hydrogen) atoms. The van der Waals surface area contributed by atoms with Crippen molar-refractivity contribution < 1.29 is 0 Å². The third-order valence-electron chi connectivity index (χ3n) is 2.93. The highest BCUT2D eigenvalue weighted by Crippen LogP contribution is 2.26. The molecule has 1 rings (SSSR count). The summed E-state index contributed by atoms with van der Waals surface area (Å²) < 4.78 is 0. The zero-order chi connectivity index (χ0) is 11.1. The molecule has 0 aromatic rings. The van der Waals surface area contributed by atoms with Crippen LogP contribution >= 0.6 is 0 Å². The highest BCUT2D eigenvalue weighted by molar-refractivity contribution is 4.84. The van der Waals surface area contributed by atoms with E-state index in [1.807, 2.05) is 0 Å². The molecule has 0 aliphatic heterocycles. The average molecular weight is 212 g/mol. The van der Waals surface area contributed by atoms with Gasteiger partial charge in [-0.3, -0.25) is 0 Å². The molecule has 0 aromatic carbocycles. The van der Waals surface area contributed by atoms with Gasteiger partial charge >= 0.3 is 0 Å². The Balaban J connectivity index is 1.96. The number of hydrogen-bond acceptors (Lipinski definition) is 2. The van der Waals surface area contributed by atoms with Crippen molar-refractivity contribution in [1.29, 1.82) is 0 Å². The van der Waals surface area contributed by atoms with E-state index in [1.165, 1.54) is 45.3 Å². The molecule has 0 aromatic heterocycles. The Morgan fingerprint density at radius 3 is 2.53 bits per heavy atom. The molecule has 90 valence electrons. The Morgan fingerprint density at radius 1 is 1.27 bits per heavy atom. The van der Waals surface area contributed by atoms with Crippen LogP contribution in [-0.2, 0) is 0 Å². The minimum absolute atomic E-state index is 0.778. The van der Waals surface area contributed by atoms with Gasteiger partial charge in [-0.15, -0.1) is 0 Å². The van der Waals surface area contributed by atoms with Crippen LogP contribution < -0.4 is 5.32 Å². The lowest BCUT2D eigenvalue weighted by molar-refractivity contribution is 0.259. The molecule has 0 unspecified atom stereocenters. The van der Waals surface area contributed by atoms with Gasteiger partial charge in [-0.1, -0.05) is 20.8 Å². The molecule has 1 aliphatic carbocycles. The van der Waals surface area contributed by atoms with E-state index < -0.39 is 0 Å². The Morgan fingerprint density at radius 2 is 2.00 bits per heavy atom. The Hall–Kier alpha value is -0.0800. The van der Waals surface area contributed by atoms with Gasteiger partial charge in [-0.2, -0.15) is 0 Å². The molecule has 1 fully saturated rings. The molecule has 0 bridgehead atoms. The summed E-state index contributed by atoms with van der Waals surface area (Å²) in [6.07, 6.45) is 5.50. The van der Waals surface area contributed by atoms with E-state index in [2.05, 4.69) is 31.0 Å². The molecule has 1 saturated carbocycles. The number of nitrogens with one attached hydrogen (secondary N) is 1. The van der Waals surface area contributed by atoms with Crippen molar-refractivity contribution in [1.82, 2.24) is 10.2 Å². The Labute approximate surface area is 95.4 Å². The zero-order valence-corrected chi connectivity index (χ0v) is 10.8. The molecule has 0 heterocycles. The predicted molar refractivity (Wildman–Crippen MR) is 67.2 cm³/mol. The average Bonchev–Trinajstić information content (AvgIpc) is 2.98. The van der Waals surface area contributed by atoms with Crippen LogP contribution in [0.15, 0.2) is 0 Å². The van der Waals surface area contributed by atoms with Crippen LogP contribution in [0.3, 0.4) is 0 Å². The van der Waals surface area contributed by atoms with Crippen molar-refractivity contribution in [2.45, 2.75) is 52.5 Å². The number of hydrogen-bond donors (Lipinski definition) is 1. The SMILES string of the molecule is CCCN(CCCNCC(C)C)C1CC1. The summed E-state index contributed by atoms with van der Waals surface area (Å²) in [6, 6.07) is 0.940. The van der Waals surface area contributed by atoms with Crippen LogP contribution in [-0.4, -0.2) is 37.1 Å². The molecule has 2 nitrogen and oxygen atoms in total. The van der Waals surface area contributed by atoms with Gasteiger partial charge in [-0.05, 0) is 57.8 Å². The van der Waals surface area contributed by atoms with Crippen LogP contribution in [0, 0.1) is 5.92 Å². The summed E-state index contributed by atoms with van der Waals surface area (Å²) in [5, 5.41) is 3.51. The Bertz CT molecular complexity index is 153. The molecular weight excluding hydrogens is 184 g/mol. The van der Waals surface area contributed by atoms with Gasteiger partial charge < -0.3 is 10.2 Å². The van der Waals surface area contributed by atoms with Crippen molar-refractivity contribution >= 4 is 0 Å². The zero-order valence-electron chi connectivity index (χ0n) is 10.8. The molecule has 0 amide bonds. The molecule has 1 N–H and O–H groups in total. The lowest BCUT2D eigenvalue weighted by atomic mass is 10.2. The fraction of sp³-hybridized carbons (Fsp3) is 1.00. The molecule has 0 saturated heterocycles. The van der Waals surface area contributed by atoms with Crippen molar-refractivity contribution in [2.75, 3.05) is 26.2 Å². The predicted octanol–water partition coefficient (Wildman–Crippen LogP) is 2.50. The molecule has 0 spiro atoms. The van der Waals surface area contributed by atoms with E-state index in [1.54, 1.807) is 0 Å². The molecule has 1 aliphatic rings. The molecular formula is C13H28N2. The highest BCUT2D eigenvalue weighted by Gasteiger charge is 2.27. The summed E-state index contributed by atoms with van der Waals surface area (Å²) in [5.74, 6) is 0.778. The fourth-order valence-corrected chi connectivity index (χ4v) is 2.00. The minimum Gasteiger partial charge on any atom is -0.316 e. The maximum Gasteiger partial charge on any atom is 0.00964 e.